The number of aldehydes is 1. The zero-order chi connectivity index (χ0) is 14.1. The summed E-state index contributed by atoms with van der Waals surface area (Å²) >= 11 is 6.22. The highest BCUT2D eigenvalue weighted by atomic mass is 35.5. The van der Waals surface area contributed by atoms with E-state index in [4.69, 9.17) is 11.6 Å². The molecule has 0 aromatic heterocycles. The van der Waals surface area contributed by atoms with Gasteiger partial charge in [0.2, 0.25) is 5.91 Å². The van der Waals surface area contributed by atoms with Crippen molar-refractivity contribution in [3.05, 3.63) is 53.1 Å². The zero-order valence-electron chi connectivity index (χ0n) is 10.5. The van der Waals surface area contributed by atoms with E-state index in [1.165, 1.54) is 0 Å². The second kappa shape index (κ2) is 4.98. The summed E-state index contributed by atoms with van der Waals surface area (Å²) in [7, 11) is 0. The van der Waals surface area contributed by atoms with Crippen molar-refractivity contribution < 1.29 is 9.59 Å². The lowest BCUT2D eigenvalue weighted by atomic mass is 10.1. The average Bonchev–Trinajstić information content (AvgIpc) is 2.46. The minimum absolute atomic E-state index is 0.0979. The Morgan fingerprint density at radius 3 is 2.70 bits per heavy atom. The summed E-state index contributed by atoms with van der Waals surface area (Å²) in [6, 6.07) is 12.5. The molecule has 0 bridgehead atoms. The van der Waals surface area contributed by atoms with Gasteiger partial charge in [0, 0.05) is 5.56 Å². The van der Waals surface area contributed by atoms with Crippen molar-refractivity contribution in [2.45, 2.75) is 0 Å². The minimum atomic E-state index is -0.0979. The molecule has 0 atom stereocenters. The summed E-state index contributed by atoms with van der Waals surface area (Å²) in [5.74, 6) is -0.0979. The monoisotopic (exact) mass is 286 g/mol. The molecule has 1 N–H and O–H groups in total. The number of carbonyl (C=O) groups excluding carboxylic acids is 2. The van der Waals surface area contributed by atoms with Crippen LogP contribution in [0.3, 0.4) is 0 Å². The van der Waals surface area contributed by atoms with Gasteiger partial charge in [-0.15, -0.1) is 0 Å². The van der Waals surface area contributed by atoms with E-state index in [2.05, 4.69) is 5.32 Å². The van der Waals surface area contributed by atoms with Gasteiger partial charge in [-0.25, -0.2) is 0 Å². The number of hydrogen-bond donors (Lipinski definition) is 1. The summed E-state index contributed by atoms with van der Waals surface area (Å²) in [5, 5.41) is 3.27. The molecule has 0 saturated carbocycles. The first kappa shape index (κ1) is 12.7. The van der Waals surface area contributed by atoms with Crippen LogP contribution in [-0.4, -0.2) is 18.7 Å². The highest BCUT2D eigenvalue weighted by molar-refractivity contribution is 6.34. The molecule has 1 aliphatic heterocycles. The van der Waals surface area contributed by atoms with Gasteiger partial charge in [0.25, 0.3) is 0 Å². The maximum absolute atomic E-state index is 11.8. The summed E-state index contributed by atoms with van der Waals surface area (Å²) < 4.78 is 0. The Morgan fingerprint density at radius 2 is 1.95 bits per heavy atom. The van der Waals surface area contributed by atoms with E-state index in [0.29, 0.717) is 16.3 Å². The molecule has 5 heteroatoms. The molecule has 0 saturated heterocycles. The van der Waals surface area contributed by atoms with E-state index < -0.39 is 0 Å². The molecule has 4 nitrogen and oxygen atoms in total. The fraction of sp³-hybridized carbons (Fsp3) is 0.0667. The normalized spacial score (nSPS) is 13.7. The van der Waals surface area contributed by atoms with E-state index in [1.807, 2.05) is 29.2 Å². The summed E-state index contributed by atoms with van der Waals surface area (Å²) in [6.07, 6.45) is 0.743. The van der Waals surface area contributed by atoms with Crippen molar-refractivity contribution in [2.24, 2.45) is 0 Å². The lowest BCUT2D eigenvalue weighted by Crippen LogP contribution is -2.35. The maximum atomic E-state index is 11.8. The van der Waals surface area contributed by atoms with Crippen LogP contribution in [0, 0.1) is 0 Å². The molecule has 0 aliphatic carbocycles. The van der Waals surface area contributed by atoms with E-state index in [9.17, 15) is 9.59 Å². The second-order valence-corrected chi connectivity index (χ2v) is 4.89. The number of fused-ring (bicyclic) bond motifs is 1. The SMILES string of the molecule is O=Cc1ccc(N2CC(=O)Nc3ccccc32)c(Cl)c1. The van der Waals surface area contributed by atoms with Crippen LogP contribution in [-0.2, 0) is 4.79 Å². The molecule has 2 aromatic rings. The van der Waals surface area contributed by atoms with E-state index >= 15 is 0 Å². The van der Waals surface area contributed by atoms with Gasteiger partial charge in [-0.2, -0.15) is 0 Å². The number of amides is 1. The minimum Gasteiger partial charge on any atom is -0.329 e. The van der Waals surface area contributed by atoms with Crippen molar-refractivity contribution in [2.75, 3.05) is 16.8 Å². The van der Waals surface area contributed by atoms with Gasteiger partial charge < -0.3 is 10.2 Å². The van der Waals surface area contributed by atoms with Crippen molar-refractivity contribution in [3.8, 4) is 0 Å². The van der Waals surface area contributed by atoms with Crippen molar-refractivity contribution in [1.82, 2.24) is 0 Å². The number of hydrogen-bond acceptors (Lipinski definition) is 3. The van der Waals surface area contributed by atoms with Gasteiger partial charge in [0.15, 0.2) is 0 Å². The second-order valence-electron chi connectivity index (χ2n) is 4.48. The molecule has 0 radical (unpaired) electrons. The van der Waals surface area contributed by atoms with Crippen molar-refractivity contribution >= 4 is 40.9 Å². The van der Waals surface area contributed by atoms with Crippen LogP contribution < -0.4 is 10.2 Å². The van der Waals surface area contributed by atoms with Crippen LogP contribution in [0.15, 0.2) is 42.5 Å². The average molecular weight is 287 g/mol. The molecule has 100 valence electrons. The number of anilines is 3. The summed E-state index contributed by atoms with van der Waals surface area (Å²) in [4.78, 5) is 24.4. The topological polar surface area (TPSA) is 49.4 Å². The molecule has 20 heavy (non-hydrogen) atoms. The predicted octanol–water partition coefficient (Wildman–Crippen LogP) is 3.24. The Hall–Kier alpha value is -2.33. The van der Waals surface area contributed by atoms with Gasteiger partial charge >= 0.3 is 0 Å². The fourth-order valence-electron chi connectivity index (χ4n) is 2.26. The number of nitrogens with zero attached hydrogens (tertiary/aromatic N) is 1. The third kappa shape index (κ3) is 2.14. The highest BCUT2D eigenvalue weighted by Crippen LogP contribution is 2.38. The van der Waals surface area contributed by atoms with Gasteiger partial charge in [-0.3, -0.25) is 9.59 Å². The summed E-state index contributed by atoms with van der Waals surface area (Å²) in [6.45, 7) is 0.192. The predicted molar refractivity (Wildman–Crippen MR) is 78.9 cm³/mol. The lowest BCUT2D eigenvalue weighted by Gasteiger charge is -2.31. The molecular formula is C15H11ClN2O2. The molecule has 1 heterocycles. The molecule has 1 amide bonds. The molecule has 3 rings (SSSR count). The molecule has 2 aromatic carbocycles. The molecule has 1 aliphatic rings. The van der Waals surface area contributed by atoms with Crippen LogP contribution in [0.25, 0.3) is 0 Å². The van der Waals surface area contributed by atoms with Gasteiger partial charge in [-0.1, -0.05) is 23.7 Å². The number of para-hydroxylation sites is 2. The lowest BCUT2D eigenvalue weighted by molar-refractivity contribution is -0.115. The Balaban J connectivity index is 2.10. The van der Waals surface area contributed by atoms with Crippen molar-refractivity contribution in [3.63, 3.8) is 0 Å². The largest absolute Gasteiger partial charge is 0.329 e. The standard InChI is InChI=1S/C15H11ClN2O2/c16-11-7-10(9-19)5-6-13(11)18-8-15(20)17-12-3-1-2-4-14(12)18/h1-7,9H,8H2,(H,17,20). The van der Waals surface area contributed by atoms with Crippen LogP contribution in [0.2, 0.25) is 5.02 Å². The number of rotatable bonds is 2. The Kier molecular flexibility index (Phi) is 3.16. The number of nitrogens with one attached hydrogen (secondary N) is 1. The maximum Gasteiger partial charge on any atom is 0.244 e. The zero-order valence-corrected chi connectivity index (χ0v) is 11.2. The number of carbonyl (C=O) groups is 2. The highest BCUT2D eigenvalue weighted by Gasteiger charge is 2.24. The Labute approximate surface area is 121 Å². The molecule has 0 spiro atoms. The van der Waals surface area contributed by atoms with Crippen LogP contribution in [0.5, 0.6) is 0 Å². The number of benzene rings is 2. The van der Waals surface area contributed by atoms with E-state index in [-0.39, 0.29) is 12.5 Å². The molecule has 0 fully saturated rings. The Morgan fingerprint density at radius 1 is 1.15 bits per heavy atom. The van der Waals surface area contributed by atoms with Gasteiger partial charge in [-0.05, 0) is 30.3 Å². The summed E-state index contributed by atoms with van der Waals surface area (Å²) in [5.41, 5.74) is 2.85. The first-order valence-electron chi connectivity index (χ1n) is 6.10. The van der Waals surface area contributed by atoms with Crippen LogP contribution in [0.4, 0.5) is 17.1 Å². The van der Waals surface area contributed by atoms with E-state index in [1.54, 1.807) is 18.2 Å². The Bertz CT molecular complexity index is 700. The molecular weight excluding hydrogens is 276 g/mol. The van der Waals surface area contributed by atoms with Crippen LogP contribution in [0.1, 0.15) is 10.4 Å². The molecule has 0 unspecified atom stereocenters. The third-order valence-electron chi connectivity index (χ3n) is 3.17. The first-order chi connectivity index (χ1) is 9.69. The quantitative estimate of drug-likeness (QED) is 0.862. The smallest absolute Gasteiger partial charge is 0.244 e. The third-order valence-corrected chi connectivity index (χ3v) is 3.47. The van der Waals surface area contributed by atoms with E-state index in [0.717, 1.165) is 17.7 Å². The van der Waals surface area contributed by atoms with Gasteiger partial charge in [0.05, 0.1) is 22.1 Å². The number of halogens is 1. The van der Waals surface area contributed by atoms with Gasteiger partial charge in [0.1, 0.15) is 12.8 Å². The fourth-order valence-corrected chi connectivity index (χ4v) is 2.55. The van der Waals surface area contributed by atoms with Crippen molar-refractivity contribution in [1.29, 1.82) is 0 Å². The van der Waals surface area contributed by atoms with Crippen LogP contribution >= 0.6 is 11.6 Å². The first-order valence-corrected chi connectivity index (χ1v) is 6.48.